The number of ether oxygens (including phenoxy) is 1. The molecule has 0 unspecified atom stereocenters. The highest BCUT2D eigenvalue weighted by molar-refractivity contribution is 7.89. The maximum Gasteiger partial charge on any atom is 0.321 e. The molecule has 1 aromatic rings. The lowest BCUT2D eigenvalue weighted by atomic mass is 10.1. The van der Waals surface area contributed by atoms with Crippen LogP contribution in [0.15, 0.2) is 17.0 Å². The van der Waals surface area contributed by atoms with Gasteiger partial charge in [-0.15, -0.1) is 0 Å². The molecular weight excluding hydrogens is 306 g/mol. The molecule has 22 heavy (non-hydrogen) atoms. The van der Waals surface area contributed by atoms with Gasteiger partial charge in [0.2, 0.25) is 10.0 Å². The Morgan fingerprint density at radius 3 is 2.32 bits per heavy atom. The number of carboxylic acids is 1. The Morgan fingerprint density at radius 2 is 1.86 bits per heavy atom. The van der Waals surface area contributed by atoms with Gasteiger partial charge in [0, 0.05) is 0 Å². The smallest absolute Gasteiger partial charge is 0.321 e. The predicted molar refractivity (Wildman–Crippen MR) is 83.7 cm³/mol. The first-order valence-electron chi connectivity index (χ1n) is 6.99. The third kappa shape index (κ3) is 4.20. The molecule has 1 rings (SSSR count). The van der Waals surface area contributed by atoms with Gasteiger partial charge in [0.25, 0.3) is 0 Å². The fraction of sp³-hybridized carbons (Fsp3) is 0.533. The molecule has 0 saturated carbocycles. The Kier molecular flexibility index (Phi) is 5.96. The second-order valence-electron chi connectivity index (χ2n) is 5.66. The molecule has 0 saturated heterocycles. The van der Waals surface area contributed by atoms with Gasteiger partial charge in [0.15, 0.2) is 0 Å². The van der Waals surface area contributed by atoms with Gasteiger partial charge in [-0.05, 0) is 49.4 Å². The van der Waals surface area contributed by atoms with Crippen LogP contribution in [0.2, 0.25) is 0 Å². The second kappa shape index (κ2) is 7.11. The Balaban J connectivity index is 3.19. The molecule has 0 heterocycles. The number of benzene rings is 1. The van der Waals surface area contributed by atoms with Gasteiger partial charge >= 0.3 is 5.97 Å². The van der Waals surface area contributed by atoms with E-state index in [2.05, 4.69) is 4.72 Å². The zero-order valence-electron chi connectivity index (χ0n) is 13.5. The molecule has 0 bridgehead atoms. The van der Waals surface area contributed by atoms with Crippen LogP contribution in [-0.4, -0.2) is 32.6 Å². The van der Waals surface area contributed by atoms with Gasteiger partial charge in [-0.1, -0.05) is 13.8 Å². The van der Waals surface area contributed by atoms with Crippen LogP contribution in [0.25, 0.3) is 0 Å². The minimum Gasteiger partial charge on any atom is -0.496 e. The normalized spacial score (nSPS) is 13.2. The van der Waals surface area contributed by atoms with Crippen LogP contribution in [0.1, 0.15) is 31.4 Å². The van der Waals surface area contributed by atoms with Gasteiger partial charge in [0.05, 0.1) is 12.0 Å². The molecule has 0 fully saturated rings. The number of hydrogen-bond donors (Lipinski definition) is 2. The number of rotatable bonds is 7. The molecule has 0 aliphatic rings. The van der Waals surface area contributed by atoms with Crippen LogP contribution in [0.3, 0.4) is 0 Å². The number of sulfonamides is 1. The number of carbonyl (C=O) groups is 1. The molecule has 124 valence electrons. The molecule has 6 nitrogen and oxygen atoms in total. The van der Waals surface area contributed by atoms with Crippen LogP contribution in [0.4, 0.5) is 0 Å². The third-order valence-electron chi connectivity index (χ3n) is 3.50. The van der Waals surface area contributed by atoms with Crippen LogP contribution < -0.4 is 9.46 Å². The van der Waals surface area contributed by atoms with Gasteiger partial charge in [-0.3, -0.25) is 4.79 Å². The Hall–Kier alpha value is -1.60. The molecular formula is C15H23NO5S. The number of hydrogen-bond acceptors (Lipinski definition) is 4. The average molecular weight is 329 g/mol. The monoisotopic (exact) mass is 329 g/mol. The van der Waals surface area contributed by atoms with E-state index in [9.17, 15) is 18.3 Å². The molecule has 0 amide bonds. The molecule has 1 atom stereocenters. The van der Waals surface area contributed by atoms with Crippen LogP contribution in [-0.2, 0) is 14.8 Å². The lowest BCUT2D eigenvalue weighted by Gasteiger charge is -2.18. The van der Waals surface area contributed by atoms with Gasteiger partial charge < -0.3 is 9.84 Å². The first-order valence-corrected chi connectivity index (χ1v) is 8.47. The van der Waals surface area contributed by atoms with E-state index in [-0.39, 0.29) is 17.2 Å². The molecule has 0 aliphatic carbocycles. The highest BCUT2D eigenvalue weighted by Gasteiger charge is 2.27. The maximum absolute atomic E-state index is 12.5. The molecule has 2 N–H and O–H groups in total. The lowest BCUT2D eigenvalue weighted by molar-refractivity contribution is -0.139. The molecule has 0 aliphatic heterocycles. The zero-order chi connectivity index (χ0) is 17.1. The SMILES string of the molecule is COc1ccc(S(=O)(=O)N[C@@H](CC(C)C)C(=O)O)c(C)c1C. The van der Waals surface area contributed by atoms with Gasteiger partial charge in [-0.25, -0.2) is 8.42 Å². The summed E-state index contributed by atoms with van der Waals surface area (Å²) in [6, 6.07) is 1.85. The fourth-order valence-electron chi connectivity index (χ4n) is 2.20. The van der Waals surface area contributed by atoms with Crippen LogP contribution in [0.5, 0.6) is 5.75 Å². The van der Waals surface area contributed by atoms with Crippen molar-refractivity contribution in [3.63, 3.8) is 0 Å². The minimum absolute atomic E-state index is 0.0579. The van der Waals surface area contributed by atoms with Crippen molar-refractivity contribution in [1.29, 1.82) is 0 Å². The van der Waals surface area contributed by atoms with E-state index in [0.29, 0.717) is 16.9 Å². The summed E-state index contributed by atoms with van der Waals surface area (Å²) in [5.41, 5.74) is 1.25. The lowest BCUT2D eigenvalue weighted by Crippen LogP contribution is -2.41. The first-order chi connectivity index (χ1) is 10.1. The topological polar surface area (TPSA) is 92.7 Å². The predicted octanol–water partition coefficient (Wildman–Crippen LogP) is 2.09. The zero-order valence-corrected chi connectivity index (χ0v) is 14.3. The van der Waals surface area contributed by atoms with E-state index < -0.39 is 22.0 Å². The van der Waals surface area contributed by atoms with Gasteiger partial charge in [-0.2, -0.15) is 4.72 Å². The number of carboxylic acid groups (broad SMARTS) is 1. The molecule has 0 radical (unpaired) electrons. The Morgan fingerprint density at radius 1 is 1.27 bits per heavy atom. The number of methoxy groups -OCH3 is 1. The average Bonchev–Trinajstić information content (AvgIpc) is 2.39. The van der Waals surface area contributed by atoms with Crippen molar-refractivity contribution in [2.24, 2.45) is 5.92 Å². The highest BCUT2D eigenvalue weighted by Crippen LogP contribution is 2.27. The molecule has 7 heteroatoms. The van der Waals surface area contributed by atoms with Crippen molar-refractivity contribution in [1.82, 2.24) is 4.72 Å². The quantitative estimate of drug-likeness (QED) is 0.799. The summed E-state index contributed by atoms with van der Waals surface area (Å²) in [5.74, 6) is -0.531. The number of aliphatic carboxylic acids is 1. The largest absolute Gasteiger partial charge is 0.496 e. The van der Waals surface area contributed by atoms with Crippen LogP contribution in [0, 0.1) is 19.8 Å². The van der Waals surface area contributed by atoms with E-state index in [1.165, 1.54) is 13.2 Å². The standard InChI is InChI=1S/C15H23NO5S/c1-9(2)8-12(15(17)18)16-22(19,20)14-7-6-13(21-5)10(3)11(14)4/h6-7,9,12,16H,8H2,1-5H3,(H,17,18)/t12-/m0/s1. The minimum atomic E-state index is -3.91. The maximum atomic E-state index is 12.5. The van der Waals surface area contributed by atoms with E-state index in [1.54, 1.807) is 19.9 Å². The molecule has 0 spiro atoms. The number of nitrogens with one attached hydrogen (secondary N) is 1. The molecule has 0 aromatic heterocycles. The van der Waals surface area contributed by atoms with E-state index in [4.69, 9.17) is 4.74 Å². The Bertz CT molecular complexity index is 652. The summed E-state index contributed by atoms with van der Waals surface area (Å²) >= 11 is 0. The van der Waals surface area contributed by atoms with Crippen molar-refractivity contribution in [3.05, 3.63) is 23.3 Å². The summed E-state index contributed by atoms with van der Waals surface area (Å²) in [6.45, 7) is 7.11. The summed E-state index contributed by atoms with van der Waals surface area (Å²) in [7, 11) is -2.40. The highest BCUT2D eigenvalue weighted by atomic mass is 32.2. The summed E-state index contributed by atoms with van der Waals surface area (Å²) in [4.78, 5) is 11.3. The third-order valence-corrected chi connectivity index (χ3v) is 5.12. The van der Waals surface area contributed by atoms with E-state index >= 15 is 0 Å². The summed E-state index contributed by atoms with van der Waals surface area (Å²) < 4.78 is 32.4. The van der Waals surface area contributed by atoms with E-state index in [0.717, 1.165) is 0 Å². The Labute approximate surface area is 131 Å². The molecule has 1 aromatic carbocycles. The van der Waals surface area contributed by atoms with E-state index in [1.807, 2.05) is 13.8 Å². The first kappa shape index (κ1) is 18.4. The van der Waals surface area contributed by atoms with Crippen molar-refractivity contribution in [3.8, 4) is 5.75 Å². The second-order valence-corrected chi connectivity index (χ2v) is 7.34. The summed E-state index contributed by atoms with van der Waals surface area (Å²) in [5, 5.41) is 9.19. The summed E-state index contributed by atoms with van der Waals surface area (Å²) in [6.07, 6.45) is 0.225. The van der Waals surface area contributed by atoms with Crippen molar-refractivity contribution in [2.75, 3.05) is 7.11 Å². The van der Waals surface area contributed by atoms with Crippen molar-refractivity contribution >= 4 is 16.0 Å². The van der Waals surface area contributed by atoms with Gasteiger partial charge in [0.1, 0.15) is 11.8 Å². The van der Waals surface area contributed by atoms with Crippen molar-refractivity contribution < 1.29 is 23.1 Å². The fourth-order valence-corrected chi connectivity index (χ4v) is 3.71. The van der Waals surface area contributed by atoms with Crippen LogP contribution >= 0.6 is 0 Å². The van der Waals surface area contributed by atoms with Crippen molar-refractivity contribution in [2.45, 2.75) is 45.1 Å².